The summed E-state index contributed by atoms with van der Waals surface area (Å²) < 4.78 is 12.3. The lowest BCUT2D eigenvalue weighted by atomic mass is 9.97. The lowest BCUT2D eigenvalue weighted by Crippen LogP contribution is -2.33. The summed E-state index contributed by atoms with van der Waals surface area (Å²) in [6, 6.07) is 16.5. The number of nitrogens with zero attached hydrogens (tertiary/aromatic N) is 3. The van der Waals surface area contributed by atoms with Crippen molar-refractivity contribution in [3.63, 3.8) is 0 Å². The molecule has 0 amide bonds. The molecule has 3 aromatic rings. The Labute approximate surface area is 207 Å². The van der Waals surface area contributed by atoms with E-state index in [1.807, 2.05) is 24.4 Å². The summed E-state index contributed by atoms with van der Waals surface area (Å²) in [5.41, 5.74) is 3.71. The molecule has 0 bridgehead atoms. The van der Waals surface area contributed by atoms with Crippen LogP contribution in [0.2, 0.25) is 0 Å². The van der Waals surface area contributed by atoms with Crippen LogP contribution in [-0.4, -0.2) is 34.7 Å². The van der Waals surface area contributed by atoms with Crippen molar-refractivity contribution in [2.24, 2.45) is 4.99 Å². The third kappa shape index (κ3) is 4.71. The molecule has 34 heavy (non-hydrogen) atoms. The average Bonchev–Trinajstić information content (AvgIpc) is 3.51. The van der Waals surface area contributed by atoms with Crippen LogP contribution in [0.3, 0.4) is 0 Å². The summed E-state index contributed by atoms with van der Waals surface area (Å²) in [6.07, 6.45) is 5.07. The number of aryl methyl sites for hydroxylation is 1. The van der Waals surface area contributed by atoms with Crippen molar-refractivity contribution >= 4 is 28.3 Å². The normalized spacial score (nSPS) is 19.1. The topological polar surface area (TPSA) is 59.0 Å². The molecular weight excluding hydrogens is 464 g/mol. The number of thiazole rings is 1. The van der Waals surface area contributed by atoms with E-state index in [0.717, 1.165) is 67.0 Å². The fraction of sp³-hybridized carbons (Fsp3) is 0.308. The molecule has 2 aromatic carbocycles. The van der Waals surface area contributed by atoms with Gasteiger partial charge in [0, 0.05) is 43.0 Å². The van der Waals surface area contributed by atoms with Crippen LogP contribution in [0.1, 0.15) is 34.9 Å². The predicted molar refractivity (Wildman–Crippen MR) is 138 cm³/mol. The van der Waals surface area contributed by atoms with E-state index in [0.29, 0.717) is 5.19 Å². The van der Waals surface area contributed by atoms with Gasteiger partial charge in [0.1, 0.15) is 17.6 Å². The lowest BCUT2D eigenvalue weighted by molar-refractivity contribution is 0.176. The van der Waals surface area contributed by atoms with Crippen molar-refractivity contribution in [2.75, 3.05) is 19.6 Å². The van der Waals surface area contributed by atoms with Crippen molar-refractivity contribution < 1.29 is 9.47 Å². The second-order valence-corrected chi connectivity index (χ2v) is 10.4. The molecule has 0 saturated carbocycles. The number of amidine groups is 1. The van der Waals surface area contributed by atoms with Crippen molar-refractivity contribution in [3.05, 3.63) is 81.8 Å². The zero-order valence-electron chi connectivity index (χ0n) is 18.8. The van der Waals surface area contributed by atoms with Gasteiger partial charge in [-0.15, -0.1) is 0 Å². The largest absolute Gasteiger partial charge is 0.485 e. The van der Waals surface area contributed by atoms with Crippen LogP contribution in [0.5, 0.6) is 16.7 Å². The second kappa shape index (κ2) is 9.82. The van der Waals surface area contributed by atoms with E-state index in [9.17, 15) is 0 Å². The average molecular weight is 491 g/mol. The molecule has 3 aliphatic heterocycles. The fourth-order valence-electron chi connectivity index (χ4n) is 4.44. The summed E-state index contributed by atoms with van der Waals surface area (Å²) in [4.78, 5) is 12.5. The zero-order chi connectivity index (χ0) is 22.7. The molecule has 3 aliphatic rings. The molecule has 6 rings (SSSR count). The van der Waals surface area contributed by atoms with Crippen molar-refractivity contribution in [3.8, 4) is 16.7 Å². The standard InChI is InChI=1S/C26H26N4O2S2/c1-2-5-18(6-3-1)23-9-7-19-13-21(8-10-24(19)32-23)31-26-29-16-22(34-26)15-27-14-20-17-33-25-28-11-4-12-30(20)25/h1-3,5-6,8,10,13,16-17,23,27H,4,7,9,11-12,14-15H2. The maximum absolute atomic E-state index is 6.25. The van der Waals surface area contributed by atoms with Gasteiger partial charge in [-0.3, -0.25) is 4.99 Å². The minimum Gasteiger partial charge on any atom is -0.485 e. The Hall–Kier alpha value is -2.81. The van der Waals surface area contributed by atoms with Crippen LogP contribution in [0.4, 0.5) is 0 Å². The third-order valence-electron chi connectivity index (χ3n) is 6.16. The number of fused-ring (bicyclic) bond motifs is 2. The van der Waals surface area contributed by atoms with Crippen LogP contribution in [0.15, 0.2) is 70.8 Å². The number of hydrogen-bond acceptors (Lipinski definition) is 8. The van der Waals surface area contributed by atoms with Gasteiger partial charge in [-0.05, 0) is 54.0 Å². The van der Waals surface area contributed by atoms with Gasteiger partial charge < -0.3 is 19.7 Å². The summed E-state index contributed by atoms with van der Waals surface area (Å²) in [6.45, 7) is 3.61. The third-order valence-corrected chi connectivity index (χ3v) is 7.98. The molecule has 1 aromatic heterocycles. The van der Waals surface area contributed by atoms with Crippen LogP contribution in [0.25, 0.3) is 0 Å². The van der Waals surface area contributed by atoms with E-state index in [1.54, 1.807) is 23.1 Å². The van der Waals surface area contributed by atoms with Gasteiger partial charge in [0.15, 0.2) is 5.17 Å². The summed E-state index contributed by atoms with van der Waals surface area (Å²) in [5.74, 6) is 1.75. The first-order valence-corrected chi connectivity index (χ1v) is 13.4. The van der Waals surface area contributed by atoms with Gasteiger partial charge in [-0.2, -0.15) is 0 Å². The Morgan fingerprint density at radius 3 is 3.03 bits per heavy atom. The first-order valence-electron chi connectivity index (χ1n) is 11.7. The van der Waals surface area contributed by atoms with Crippen molar-refractivity contribution in [2.45, 2.75) is 31.9 Å². The molecule has 8 heteroatoms. The minimum atomic E-state index is 0.113. The van der Waals surface area contributed by atoms with Gasteiger partial charge in [0.05, 0.1) is 0 Å². The number of ether oxygens (including phenoxy) is 2. The molecule has 1 N–H and O–H groups in total. The summed E-state index contributed by atoms with van der Waals surface area (Å²) in [5, 5.41) is 7.55. The minimum absolute atomic E-state index is 0.113. The van der Waals surface area contributed by atoms with E-state index >= 15 is 0 Å². The molecule has 0 saturated heterocycles. The maximum atomic E-state index is 6.25. The fourth-order valence-corrected chi connectivity index (χ4v) is 6.14. The Bertz CT molecular complexity index is 1220. The van der Waals surface area contributed by atoms with E-state index in [2.05, 4.69) is 55.9 Å². The molecule has 0 aliphatic carbocycles. The van der Waals surface area contributed by atoms with Gasteiger partial charge in [0.2, 0.25) is 0 Å². The maximum Gasteiger partial charge on any atom is 0.278 e. The first-order chi connectivity index (χ1) is 16.8. The zero-order valence-corrected chi connectivity index (χ0v) is 20.4. The highest BCUT2D eigenvalue weighted by atomic mass is 32.2. The molecule has 4 heterocycles. The Morgan fingerprint density at radius 2 is 2.09 bits per heavy atom. The van der Waals surface area contributed by atoms with Gasteiger partial charge in [0.25, 0.3) is 5.19 Å². The van der Waals surface area contributed by atoms with Crippen molar-refractivity contribution in [1.82, 2.24) is 15.2 Å². The number of thioether (sulfide) groups is 1. The molecule has 174 valence electrons. The van der Waals surface area contributed by atoms with E-state index in [4.69, 9.17) is 9.47 Å². The van der Waals surface area contributed by atoms with Crippen LogP contribution < -0.4 is 14.8 Å². The molecule has 0 radical (unpaired) electrons. The Kier molecular flexibility index (Phi) is 6.27. The molecule has 0 spiro atoms. The number of aromatic nitrogens is 1. The number of rotatable bonds is 7. The Morgan fingerprint density at radius 1 is 1.15 bits per heavy atom. The highest BCUT2D eigenvalue weighted by Gasteiger charge is 2.24. The number of nitrogens with one attached hydrogen (secondary N) is 1. The van der Waals surface area contributed by atoms with E-state index < -0.39 is 0 Å². The molecule has 1 unspecified atom stereocenters. The number of aliphatic imine (C=N–C) groups is 1. The smallest absolute Gasteiger partial charge is 0.278 e. The number of benzene rings is 2. The lowest BCUT2D eigenvalue weighted by Gasteiger charge is -2.26. The van der Waals surface area contributed by atoms with Crippen molar-refractivity contribution in [1.29, 1.82) is 0 Å². The van der Waals surface area contributed by atoms with Gasteiger partial charge in [-0.1, -0.05) is 53.4 Å². The Balaban J connectivity index is 1.03. The highest BCUT2D eigenvalue weighted by molar-refractivity contribution is 8.16. The summed E-state index contributed by atoms with van der Waals surface area (Å²) >= 11 is 3.31. The second-order valence-electron chi connectivity index (χ2n) is 8.52. The predicted octanol–water partition coefficient (Wildman–Crippen LogP) is 5.74. The monoisotopic (exact) mass is 490 g/mol. The number of hydrogen-bond donors (Lipinski definition) is 1. The van der Waals surface area contributed by atoms with Crippen LogP contribution in [0, 0.1) is 0 Å². The molecule has 1 atom stereocenters. The molecule has 0 fully saturated rings. The van der Waals surface area contributed by atoms with Crippen LogP contribution in [-0.2, 0) is 13.0 Å². The van der Waals surface area contributed by atoms with E-state index in [-0.39, 0.29) is 6.10 Å². The van der Waals surface area contributed by atoms with Crippen LogP contribution >= 0.6 is 23.1 Å². The SMILES string of the molecule is C1=C(CNCc2cnc(Oc3ccc4c(c3)CCC(c3ccccc3)O4)s2)N2CCCN=C2S1. The highest BCUT2D eigenvalue weighted by Crippen LogP contribution is 2.38. The van der Waals surface area contributed by atoms with E-state index in [1.165, 1.54) is 16.8 Å². The van der Waals surface area contributed by atoms with Gasteiger partial charge >= 0.3 is 0 Å². The molecule has 6 nitrogen and oxygen atoms in total. The first kappa shape index (κ1) is 21.7. The summed E-state index contributed by atoms with van der Waals surface area (Å²) in [7, 11) is 0. The quantitative estimate of drug-likeness (QED) is 0.456. The molecular formula is C26H26N4O2S2. The van der Waals surface area contributed by atoms with Gasteiger partial charge in [-0.25, -0.2) is 4.98 Å².